The molecule has 0 N–H and O–H groups in total. The van der Waals surface area contributed by atoms with Crippen LogP contribution >= 0.6 is 0 Å². The normalized spacial score (nSPS) is 19.2. The molecule has 1 saturated heterocycles. The molecule has 1 aromatic carbocycles. The Balaban J connectivity index is 1.55. The molecule has 0 saturated carbocycles. The van der Waals surface area contributed by atoms with E-state index >= 15 is 0 Å². The highest BCUT2D eigenvalue weighted by atomic mass is 16.5. The van der Waals surface area contributed by atoms with Gasteiger partial charge in [-0.05, 0) is 31.1 Å². The second-order valence-corrected chi connectivity index (χ2v) is 6.36. The van der Waals surface area contributed by atoms with Crippen molar-refractivity contribution in [3.8, 4) is 11.5 Å². The summed E-state index contributed by atoms with van der Waals surface area (Å²) in [7, 11) is 1.62. The number of carbonyl (C=O) groups excluding carboxylic acids is 1. The summed E-state index contributed by atoms with van der Waals surface area (Å²) in [5, 5.41) is 4.26. The van der Waals surface area contributed by atoms with Crippen LogP contribution in [0.2, 0.25) is 0 Å². The molecule has 2 aliphatic heterocycles. The number of hydrogen-bond acceptors (Lipinski definition) is 4. The fraction of sp³-hybridized carbons (Fsp3) is 0.368. The van der Waals surface area contributed by atoms with E-state index in [1.807, 2.05) is 46.1 Å². The lowest BCUT2D eigenvalue weighted by molar-refractivity contribution is -0.128. The predicted molar refractivity (Wildman–Crippen MR) is 93.4 cm³/mol. The van der Waals surface area contributed by atoms with Gasteiger partial charge in [0.05, 0.1) is 25.3 Å². The lowest BCUT2D eigenvalue weighted by Crippen LogP contribution is -2.40. The van der Waals surface area contributed by atoms with Crippen LogP contribution < -0.4 is 9.47 Å². The van der Waals surface area contributed by atoms with E-state index in [1.165, 1.54) is 0 Å². The van der Waals surface area contributed by atoms with Gasteiger partial charge in [0, 0.05) is 24.5 Å². The monoisotopic (exact) mass is 339 g/mol. The minimum atomic E-state index is 0.0585. The largest absolute Gasteiger partial charge is 0.493 e. The lowest BCUT2D eigenvalue weighted by Gasteiger charge is -2.27. The van der Waals surface area contributed by atoms with Crippen LogP contribution in [-0.4, -0.2) is 46.9 Å². The summed E-state index contributed by atoms with van der Waals surface area (Å²) in [4.78, 5) is 15.0. The van der Waals surface area contributed by atoms with Crippen LogP contribution in [0.5, 0.6) is 11.5 Å². The van der Waals surface area contributed by atoms with Crippen LogP contribution in [0.4, 0.5) is 0 Å². The molecule has 2 aromatic rings. The van der Waals surface area contributed by atoms with E-state index in [2.05, 4.69) is 5.10 Å². The molecule has 0 radical (unpaired) electrons. The first-order valence-electron chi connectivity index (χ1n) is 8.55. The van der Waals surface area contributed by atoms with Gasteiger partial charge in [0.2, 0.25) is 0 Å². The zero-order valence-electron chi connectivity index (χ0n) is 14.2. The number of rotatable bonds is 4. The van der Waals surface area contributed by atoms with E-state index in [1.54, 1.807) is 13.3 Å². The number of amides is 1. The third kappa shape index (κ3) is 2.99. The van der Waals surface area contributed by atoms with Gasteiger partial charge >= 0.3 is 0 Å². The predicted octanol–water partition coefficient (Wildman–Crippen LogP) is 2.36. The van der Waals surface area contributed by atoms with Crippen molar-refractivity contribution < 1.29 is 14.3 Å². The van der Waals surface area contributed by atoms with E-state index in [-0.39, 0.29) is 18.6 Å². The minimum Gasteiger partial charge on any atom is -0.493 e. The second kappa shape index (κ2) is 6.63. The Morgan fingerprint density at radius 1 is 1.40 bits per heavy atom. The molecule has 130 valence electrons. The Bertz CT molecular complexity index is 798. The van der Waals surface area contributed by atoms with E-state index < -0.39 is 0 Å². The van der Waals surface area contributed by atoms with E-state index in [4.69, 9.17) is 9.47 Å². The Kier molecular flexibility index (Phi) is 4.17. The molecule has 0 aliphatic carbocycles. The van der Waals surface area contributed by atoms with E-state index in [9.17, 15) is 4.79 Å². The van der Waals surface area contributed by atoms with Gasteiger partial charge in [0.1, 0.15) is 6.61 Å². The number of likely N-dealkylation sites (tertiary alicyclic amines) is 1. The summed E-state index contributed by atoms with van der Waals surface area (Å²) < 4.78 is 13.0. The molecule has 25 heavy (non-hydrogen) atoms. The first-order chi connectivity index (χ1) is 12.3. The lowest BCUT2D eigenvalue weighted by atomic mass is 10.1. The molecule has 1 amide bonds. The van der Waals surface area contributed by atoms with Crippen LogP contribution in [0.25, 0.3) is 6.08 Å². The quantitative estimate of drug-likeness (QED) is 0.858. The van der Waals surface area contributed by atoms with Gasteiger partial charge in [0.15, 0.2) is 11.5 Å². The zero-order chi connectivity index (χ0) is 17.2. The highest BCUT2D eigenvalue weighted by molar-refractivity contribution is 5.99. The van der Waals surface area contributed by atoms with Crippen LogP contribution in [-0.2, 0) is 11.3 Å². The first kappa shape index (κ1) is 15.7. The Hall–Kier alpha value is -2.76. The fourth-order valence-electron chi connectivity index (χ4n) is 3.57. The average Bonchev–Trinajstić information content (AvgIpc) is 3.32. The van der Waals surface area contributed by atoms with Gasteiger partial charge < -0.3 is 14.4 Å². The Morgan fingerprint density at radius 2 is 2.32 bits per heavy atom. The van der Waals surface area contributed by atoms with Gasteiger partial charge in [-0.25, -0.2) is 0 Å². The SMILES string of the molecule is COc1cccc2c1OCC(C(=O)N1CCC[C@H]1Cn1cccn1)=C2. The number of carbonyl (C=O) groups is 1. The van der Waals surface area contributed by atoms with Crippen molar-refractivity contribution in [2.45, 2.75) is 25.4 Å². The maximum atomic E-state index is 13.0. The number of ether oxygens (including phenoxy) is 2. The van der Waals surface area contributed by atoms with Crippen molar-refractivity contribution in [2.24, 2.45) is 0 Å². The zero-order valence-corrected chi connectivity index (χ0v) is 14.2. The van der Waals surface area contributed by atoms with Crippen molar-refractivity contribution in [1.29, 1.82) is 0 Å². The fourth-order valence-corrected chi connectivity index (χ4v) is 3.57. The van der Waals surface area contributed by atoms with Crippen molar-refractivity contribution in [3.63, 3.8) is 0 Å². The van der Waals surface area contributed by atoms with Crippen molar-refractivity contribution in [2.75, 3.05) is 20.3 Å². The molecule has 0 unspecified atom stereocenters. The maximum absolute atomic E-state index is 13.0. The summed E-state index contributed by atoms with van der Waals surface area (Å²) in [6, 6.07) is 7.79. The molecule has 1 fully saturated rings. The summed E-state index contributed by atoms with van der Waals surface area (Å²) in [6.45, 7) is 1.79. The highest BCUT2D eigenvalue weighted by Crippen LogP contribution is 2.36. The number of fused-ring (bicyclic) bond motifs is 1. The molecule has 1 atom stereocenters. The molecule has 0 bridgehead atoms. The molecule has 6 heteroatoms. The third-order valence-corrected chi connectivity index (χ3v) is 4.80. The summed E-state index contributed by atoms with van der Waals surface area (Å²) >= 11 is 0. The summed E-state index contributed by atoms with van der Waals surface area (Å²) in [5.41, 5.74) is 1.57. The van der Waals surface area contributed by atoms with Crippen molar-refractivity contribution >= 4 is 12.0 Å². The molecule has 3 heterocycles. The van der Waals surface area contributed by atoms with Gasteiger partial charge in [-0.2, -0.15) is 5.10 Å². The number of methoxy groups -OCH3 is 1. The van der Waals surface area contributed by atoms with Gasteiger partial charge in [-0.1, -0.05) is 12.1 Å². The van der Waals surface area contributed by atoms with Gasteiger partial charge in [-0.3, -0.25) is 9.48 Å². The van der Waals surface area contributed by atoms with Crippen LogP contribution in [0, 0.1) is 0 Å². The molecular weight excluding hydrogens is 318 g/mol. The standard InChI is InChI=1S/C19H21N3O3/c1-24-17-7-2-5-14-11-15(13-25-18(14)17)19(23)22-10-3-6-16(22)12-21-9-4-8-20-21/h2,4-5,7-9,11,16H,3,6,10,12-13H2,1H3/t16-/m0/s1. The molecule has 4 rings (SSSR count). The number of para-hydroxylation sites is 1. The van der Waals surface area contributed by atoms with Crippen LogP contribution in [0.1, 0.15) is 18.4 Å². The molecular formula is C19H21N3O3. The van der Waals surface area contributed by atoms with Crippen LogP contribution in [0.15, 0.2) is 42.2 Å². The Labute approximate surface area is 146 Å². The van der Waals surface area contributed by atoms with Gasteiger partial charge in [-0.15, -0.1) is 0 Å². The number of benzene rings is 1. The Morgan fingerprint density at radius 3 is 3.12 bits per heavy atom. The molecule has 6 nitrogen and oxygen atoms in total. The van der Waals surface area contributed by atoms with Crippen molar-refractivity contribution in [1.82, 2.24) is 14.7 Å². The van der Waals surface area contributed by atoms with Gasteiger partial charge in [0.25, 0.3) is 5.91 Å². The first-order valence-corrected chi connectivity index (χ1v) is 8.55. The second-order valence-electron chi connectivity index (χ2n) is 6.36. The van der Waals surface area contributed by atoms with E-state index in [0.717, 1.165) is 31.5 Å². The average molecular weight is 339 g/mol. The number of hydrogen-bond donors (Lipinski definition) is 0. The third-order valence-electron chi connectivity index (χ3n) is 4.80. The molecule has 0 spiro atoms. The summed E-state index contributed by atoms with van der Waals surface area (Å²) in [5.74, 6) is 1.46. The minimum absolute atomic E-state index is 0.0585. The topological polar surface area (TPSA) is 56.6 Å². The smallest absolute Gasteiger partial charge is 0.253 e. The number of aromatic nitrogens is 2. The van der Waals surface area contributed by atoms with E-state index in [0.29, 0.717) is 17.1 Å². The molecule has 1 aromatic heterocycles. The number of nitrogens with zero attached hydrogens (tertiary/aromatic N) is 3. The molecule has 2 aliphatic rings. The highest BCUT2D eigenvalue weighted by Gasteiger charge is 2.32. The van der Waals surface area contributed by atoms with Crippen molar-refractivity contribution in [3.05, 3.63) is 47.8 Å². The maximum Gasteiger partial charge on any atom is 0.253 e. The van der Waals surface area contributed by atoms with Crippen LogP contribution in [0.3, 0.4) is 0 Å². The summed E-state index contributed by atoms with van der Waals surface area (Å²) in [6.07, 6.45) is 7.66.